The maximum atomic E-state index is 11.9. The molecule has 0 fully saturated rings. The van der Waals surface area contributed by atoms with Crippen molar-refractivity contribution in [3.63, 3.8) is 0 Å². The number of rotatable bonds is 4. The summed E-state index contributed by atoms with van der Waals surface area (Å²) in [7, 11) is 0. The van der Waals surface area contributed by atoms with Crippen molar-refractivity contribution in [3.8, 4) is 6.07 Å². The van der Waals surface area contributed by atoms with Gasteiger partial charge < -0.3 is 5.32 Å². The summed E-state index contributed by atoms with van der Waals surface area (Å²) >= 11 is 3.29. The summed E-state index contributed by atoms with van der Waals surface area (Å²) in [6.07, 6.45) is 1.62. The zero-order valence-electron chi connectivity index (χ0n) is 10.9. The summed E-state index contributed by atoms with van der Waals surface area (Å²) in [5.41, 5.74) is 2.15. The Morgan fingerprint density at radius 2 is 2.10 bits per heavy atom. The van der Waals surface area contributed by atoms with E-state index in [9.17, 15) is 4.79 Å². The van der Waals surface area contributed by atoms with E-state index in [0.717, 1.165) is 5.56 Å². The van der Waals surface area contributed by atoms with Crippen molar-refractivity contribution in [1.82, 2.24) is 9.78 Å². The molecular weight excluding hydrogens is 320 g/mol. The molecule has 0 aliphatic heterocycles. The molecule has 0 aliphatic carbocycles. The Kier molecular flexibility index (Phi) is 4.53. The highest BCUT2D eigenvalue weighted by Crippen LogP contribution is 2.17. The standard InChI is InChI=1S/C14H13BrN4O/c1-2-19-14(20)13(15)12(9-18-19)17-8-11-5-3-10(7-16)4-6-11/h3-6,9,17H,2,8H2,1H3. The molecule has 0 amide bonds. The van der Waals surface area contributed by atoms with Gasteiger partial charge in [-0.15, -0.1) is 0 Å². The van der Waals surface area contributed by atoms with E-state index in [2.05, 4.69) is 32.4 Å². The molecule has 0 atom stereocenters. The summed E-state index contributed by atoms with van der Waals surface area (Å²) < 4.78 is 1.86. The lowest BCUT2D eigenvalue weighted by molar-refractivity contribution is 0.613. The van der Waals surface area contributed by atoms with E-state index in [1.165, 1.54) is 4.68 Å². The van der Waals surface area contributed by atoms with Crippen LogP contribution in [0.1, 0.15) is 18.1 Å². The fourth-order valence-corrected chi connectivity index (χ4v) is 2.16. The predicted octanol–water partition coefficient (Wildman–Crippen LogP) is 2.51. The molecule has 0 unspecified atom stereocenters. The predicted molar refractivity (Wildman–Crippen MR) is 80.4 cm³/mol. The van der Waals surface area contributed by atoms with Crippen molar-refractivity contribution in [3.05, 3.63) is 56.4 Å². The lowest BCUT2D eigenvalue weighted by atomic mass is 10.1. The van der Waals surface area contributed by atoms with Gasteiger partial charge in [0.25, 0.3) is 5.56 Å². The van der Waals surface area contributed by atoms with E-state index < -0.39 is 0 Å². The third-order valence-electron chi connectivity index (χ3n) is 2.85. The van der Waals surface area contributed by atoms with Gasteiger partial charge in [-0.05, 0) is 40.5 Å². The summed E-state index contributed by atoms with van der Waals surface area (Å²) in [6, 6.07) is 9.35. The van der Waals surface area contributed by atoms with Gasteiger partial charge in [0, 0.05) is 13.1 Å². The second kappa shape index (κ2) is 6.35. The normalized spacial score (nSPS) is 10.1. The molecule has 1 N–H and O–H groups in total. The Labute approximate surface area is 125 Å². The number of aryl methyl sites for hydroxylation is 1. The molecule has 0 radical (unpaired) electrons. The van der Waals surface area contributed by atoms with Crippen LogP contribution in [0.2, 0.25) is 0 Å². The monoisotopic (exact) mass is 332 g/mol. The third kappa shape index (κ3) is 3.06. The Balaban J connectivity index is 2.13. The molecule has 0 saturated carbocycles. The molecule has 1 aromatic heterocycles. The molecule has 0 bridgehead atoms. The van der Waals surface area contributed by atoms with Crippen LogP contribution in [0.25, 0.3) is 0 Å². The second-order valence-corrected chi connectivity index (χ2v) is 4.95. The minimum absolute atomic E-state index is 0.155. The van der Waals surface area contributed by atoms with Crippen molar-refractivity contribution < 1.29 is 0 Å². The first kappa shape index (κ1) is 14.3. The maximum Gasteiger partial charge on any atom is 0.283 e. The second-order valence-electron chi connectivity index (χ2n) is 4.16. The van der Waals surface area contributed by atoms with E-state index in [1.54, 1.807) is 18.3 Å². The fourth-order valence-electron chi connectivity index (χ4n) is 1.71. The van der Waals surface area contributed by atoms with Gasteiger partial charge in [0.2, 0.25) is 0 Å². The van der Waals surface area contributed by atoms with Crippen LogP contribution in [0.3, 0.4) is 0 Å². The van der Waals surface area contributed by atoms with Crippen molar-refractivity contribution in [2.75, 3.05) is 5.32 Å². The first-order chi connectivity index (χ1) is 9.65. The molecule has 102 valence electrons. The molecule has 2 aromatic rings. The van der Waals surface area contributed by atoms with E-state index in [4.69, 9.17) is 5.26 Å². The number of hydrogen-bond donors (Lipinski definition) is 1. The number of anilines is 1. The molecule has 0 saturated heterocycles. The van der Waals surface area contributed by atoms with Crippen LogP contribution in [-0.4, -0.2) is 9.78 Å². The van der Waals surface area contributed by atoms with Crippen LogP contribution in [0, 0.1) is 11.3 Å². The first-order valence-electron chi connectivity index (χ1n) is 6.14. The average Bonchev–Trinajstić information content (AvgIpc) is 2.49. The number of nitrogens with one attached hydrogen (secondary N) is 1. The molecular formula is C14H13BrN4O. The molecule has 6 heteroatoms. The first-order valence-corrected chi connectivity index (χ1v) is 6.93. The zero-order valence-corrected chi connectivity index (χ0v) is 12.5. The Morgan fingerprint density at radius 1 is 1.40 bits per heavy atom. The van der Waals surface area contributed by atoms with Crippen LogP contribution in [0.5, 0.6) is 0 Å². The molecule has 5 nitrogen and oxygen atoms in total. The Morgan fingerprint density at radius 3 is 2.70 bits per heavy atom. The summed E-state index contributed by atoms with van der Waals surface area (Å²) in [5, 5.41) is 16.0. The van der Waals surface area contributed by atoms with Gasteiger partial charge in [0.15, 0.2) is 0 Å². The van der Waals surface area contributed by atoms with Crippen molar-refractivity contribution in [2.24, 2.45) is 0 Å². The van der Waals surface area contributed by atoms with Crippen molar-refractivity contribution in [2.45, 2.75) is 20.0 Å². The number of aromatic nitrogens is 2. The number of nitrogens with zero attached hydrogens (tertiary/aromatic N) is 3. The lowest BCUT2D eigenvalue weighted by Gasteiger charge is -2.09. The highest BCUT2D eigenvalue weighted by molar-refractivity contribution is 9.10. The smallest absolute Gasteiger partial charge is 0.283 e. The van der Waals surface area contributed by atoms with Gasteiger partial charge in [-0.25, -0.2) is 4.68 Å². The van der Waals surface area contributed by atoms with Crippen LogP contribution in [0.15, 0.2) is 39.7 Å². The highest BCUT2D eigenvalue weighted by atomic mass is 79.9. The van der Waals surface area contributed by atoms with Crippen LogP contribution in [-0.2, 0) is 13.1 Å². The topological polar surface area (TPSA) is 70.7 Å². The van der Waals surface area contributed by atoms with E-state index in [1.807, 2.05) is 19.1 Å². The van der Waals surface area contributed by atoms with Gasteiger partial charge in [-0.1, -0.05) is 12.1 Å². The third-order valence-corrected chi connectivity index (χ3v) is 3.62. The fraction of sp³-hybridized carbons (Fsp3) is 0.214. The minimum Gasteiger partial charge on any atom is -0.379 e. The SMILES string of the molecule is CCn1ncc(NCc2ccc(C#N)cc2)c(Br)c1=O. The maximum absolute atomic E-state index is 11.9. The van der Waals surface area contributed by atoms with Crippen LogP contribution in [0.4, 0.5) is 5.69 Å². The Bertz CT molecular complexity index is 701. The minimum atomic E-state index is -0.155. The van der Waals surface area contributed by atoms with Crippen LogP contribution < -0.4 is 10.9 Å². The molecule has 20 heavy (non-hydrogen) atoms. The number of nitriles is 1. The van der Waals surface area contributed by atoms with Gasteiger partial charge in [0.1, 0.15) is 4.47 Å². The van der Waals surface area contributed by atoms with E-state index in [-0.39, 0.29) is 5.56 Å². The van der Waals surface area contributed by atoms with Crippen molar-refractivity contribution in [1.29, 1.82) is 5.26 Å². The van der Waals surface area contributed by atoms with Gasteiger partial charge in [0.05, 0.1) is 23.5 Å². The summed E-state index contributed by atoms with van der Waals surface area (Å²) in [4.78, 5) is 11.9. The molecule has 1 aromatic carbocycles. The van der Waals surface area contributed by atoms with Gasteiger partial charge >= 0.3 is 0 Å². The number of benzene rings is 1. The largest absolute Gasteiger partial charge is 0.379 e. The quantitative estimate of drug-likeness (QED) is 0.933. The molecule has 2 rings (SSSR count). The Hall–Kier alpha value is -2.13. The van der Waals surface area contributed by atoms with Gasteiger partial charge in [-0.2, -0.15) is 10.4 Å². The molecule has 0 aliphatic rings. The van der Waals surface area contributed by atoms with E-state index >= 15 is 0 Å². The highest BCUT2D eigenvalue weighted by Gasteiger charge is 2.07. The molecule has 1 heterocycles. The number of halogens is 1. The molecule has 0 spiro atoms. The van der Waals surface area contributed by atoms with Crippen LogP contribution >= 0.6 is 15.9 Å². The summed E-state index contributed by atoms with van der Waals surface area (Å²) in [6.45, 7) is 2.96. The van der Waals surface area contributed by atoms with Crippen molar-refractivity contribution >= 4 is 21.6 Å². The average molecular weight is 333 g/mol. The van der Waals surface area contributed by atoms with E-state index in [0.29, 0.717) is 28.8 Å². The van der Waals surface area contributed by atoms with Gasteiger partial charge in [-0.3, -0.25) is 4.79 Å². The number of hydrogen-bond acceptors (Lipinski definition) is 4. The lowest BCUT2D eigenvalue weighted by Crippen LogP contribution is -2.23. The zero-order chi connectivity index (χ0) is 14.5. The summed E-state index contributed by atoms with van der Waals surface area (Å²) in [5.74, 6) is 0.